The van der Waals surface area contributed by atoms with E-state index in [4.69, 9.17) is 9.72 Å². The number of nitrogens with zero attached hydrogens (tertiary/aromatic N) is 3. The Morgan fingerprint density at radius 2 is 1.96 bits per heavy atom. The van der Waals surface area contributed by atoms with Gasteiger partial charge in [-0.2, -0.15) is 4.98 Å². The van der Waals surface area contributed by atoms with E-state index < -0.39 is 0 Å². The highest BCUT2D eigenvalue weighted by Crippen LogP contribution is 2.35. The van der Waals surface area contributed by atoms with E-state index in [0.717, 1.165) is 46.0 Å². The number of aromatic nitrogens is 3. The molecule has 0 bridgehead atoms. The van der Waals surface area contributed by atoms with E-state index in [2.05, 4.69) is 22.7 Å². The molecule has 1 aromatic carbocycles. The molecule has 1 N–H and O–H groups in total. The number of rotatable bonds is 5. The lowest BCUT2D eigenvalue weighted by Crippen LogP contribution is -1.99. The molecule has 0 unspecified atom stereocenters. The molecule has 124 valence electrons. The summed E-state index contributed by atoms with van der Waals surface area (Å²) < 4.78 is 7.64. The van der Waals surface area contributed by atoms with Gasteiger partial charge in [0, 0.05) is 19.0 Å². The van der Waals surface area contributed by atoms with E-state index in [-0.39, 0.29) is 6.61 Å². The number of aliphatic hydroxyl groups excluding tert-OH is 1. The normalized spacial score (nSPS) is 14.3. The summed E-state index contributed by atoms with van der Waals surface area (Å²) in [5.74, 6) is 2.46. The summed E-state index contributed by atoms with van der Waals surface area (Å²) in [6.45, 7) is 0.0426. The summed E-state index contributed by atoms with van der Waals surface area (Å²) in [6.07, 6.45) is 3.64. The van der Waals surface area contributed by atoms with Gasteiger partial charge in [0.15, 0.2) is 5.65 Å². The van der Waals surface area contributed by atoms with E-state index in [0.29, 0.717) is 5.88 Å². The molecule has 1 fully saturated rings. The average molecular weight is 323 g/mol. The zero-order valence-corrected chi connectivity index (χ0v) is 14.0. The van der Waals surface area contributed by atoms with Gasteiger partial charge < -0.3 is 14.4 Å². The Hall–Kier alpha value is -2.40. The Labute approximate surface area is 140 Å². The monoisotopic (exact) mass is 323 g/mol. The summed E-state index contributed by atoms with van der Waals surface area (Å²) in [4.78, 5) is 9.32. The third-order valence-electron chi connectivity index (χ3n) is 4.74. The molecule has 0 aliphatic heterocycles. The van der Waals surface area contributed by atoms with Gasteiger partial charge in [0.2, 0.25) is 5.88 Å². The van der Waals surface area contributed by atoms with Crippen LogP contribution in [-0.4, -0.2) is 26.8 Å². The Morgan fingerprint density at radius 3 is 2.58 bits per heavy atom. The van der Waals surface area contributed by atoms with Crippen LogP contribution in [0.3, 0.4) is 0 Å². The molecular weight excluding hydrogens is 302 g/mol. The first-order valence-corrected chi connectivity index (χ1v) is 8.30. The van der Waals surface area contributed by atoms with Crippen LogP contribution in [0.2, 0.25) is 0 Å². The van der Waals surface area contributed by atoms with Crippen molar-refractivity contribution in [2.24, 2.45) is 13.0 Å². The third kappa shape index (κ3) is 2.65. The summed E-state index contributed by atoms with van der Waals surface area (Å²) in [7, 11) is 3.69. The molecule has 2 aromatic heterocycles. The van der Waals surface area contributed by atoms with Crippen LogP contribution in [0.1, 0.15) is 24.2 Å². The number of ether oxygens (including phenoxy) is 1. The Morgan fingerprint density at radius 1 is 1.21 bits per heavy atom. The molecule has 24 heavy (non-hydrogen) atoms. The quantitative estimate of drug-likeness (QED) is 0.784. The maximum Gasteiger partial charge on any atom is 0.223 e. The first-order valence-electron chi connectivity index (χ1n) is 8.30. The topological polar surface area (TPSA) is 60.2 Å². The highest BCUT2D eigenvalue weighted by molar-refractivity contribution is 5.82. The predicted molar refractivity (Wildman–Crippen MR) is 92.8 cm³/mol. The molecule has 5 heteroatoms. The SMILES string of the molecule is COc1nc2nc(CC3CC3)n(C)c2cc1-c1ccc(CO)cc1. The molecule has 1 aliphatic carbocycles. The largest absolute Gasteiger partial charge is 0.480 e. The maximum absolute atomic E-state index is 9.21. The van der Waals surface area contributed by atoms with E-state index in [1.165, 1.54) is 12.8 Å². The fraction of sp³-hybridized carbons (Fsp3) is 0.368. The molecule has 2 heterocycles. The first kappa shape index (κ1) is 15.1. The van der Waals surface area contributed by atoms with Crippen LogP contribution in [0, 0.1) is 5.92 Å². The number of hydrogen-bond acceptors (Lipinski definition) is 4. The van der Waals surface area contributed by atoms with Crippen LogP contribution in [0.25, 0.3) is 22.3 Å². The van der Waals surface area contributed by atoms with Gasteiger partial charge in [-0.25, -0.2) is 4.98 Å². The Bertz CT molecular complexity index is 880. The van der Waals surface area contributed by atoms with E-state index in [9.17, 15) is 5.11 Å². The molecule has 1 aliphatic rings. The van der Waals surface area contributed by atoms with Crippen molar-refractivity contribution < 1.29 is 9.84 Å². The zero-order valence-electron chi connectivity index (χ0n) is 14.0. The standard InChI is InChI=1S/C19H21N3O2/c1-22-16-10-15(14-7-5-13(11-23)6-8-14)19(24-2)21-18(16)20-17(22)9-12-3-4-12/h5-8,10,12,23H,3-4,9,11H2,1-2H3. The van der Waals surface area contributed by atoms with Crippen molar-refractivity contribution in [3.8, 4) is 17.0 Å². The van der Waals surface area contributed by atoms with Crippen LogP contribution in [0.5, 0.6) is 5.88 Å². The van der Waals surface area contributed by atoms with Crippen LogP contribution in [0.15, 0.2) is 30.3 Å². The second-order valence-corrected chi connectivity index (χ2v) is 6.48. The van der Waals surface area contributed by atoms with Crippen LogP contribution in [0.4, 0.5) is 0 Å². The zero-order chi connectivity index (χ0) is 16.7. The van der Waals surface area contributed by atoms with Crippen molar-refractivity contribution in [3.05, 3.63) is 41.7 Å². The molecule has 4 rings (SSSR count). The van der Waals surface area contributed by atoms with Crippen molar-refractivity contribution in [3.63, 3.8) is 0 Å². The first-order chi connectivity index (χ1) is 11.7. The van der Waals surface area contributed by atoms with Crippen LogP contribution < -0.4 is 4.74 Å². The minimum Gasteiger partial charge on any atom is -0.480 e. The van der Waals surface area contributed by atoms with Crippen molar-refractivity contribution in [1.82, 2.24) is 14.5 Å². The number of pyridine rings is 1. The van der Waals surface area contributed by atoms with Gasteiger partial charge >= 0.3 is 0 Å². The average Bonchev–Trinajstić information content (AvgIpc) is 3.39. The molecule has 5 nitrogen and oxygen atoms in total. The molecule has 0 atom stereocenters. The predicted octanol–water partition coefficient (Wildman–Crippen LogP) is 3.09. The fourth-order valence-corrected chi connectivity index (χ4v) is 3.06. The number of aliphatic hydroxyl groups is 1. The van der Waals surface area contributed by atoms with Gasteiger partial charge in [-0.3, -0.25) is 0 Å². The van der Waals surface area contributed by atoms with Gasteiger partial charge in [-0.15, -0.1) is 0 Å². The smallest absolute Gasteiger partial charge is 0.223 e. The lowest BCUT2D eigenvalue weighted by Gasteiger charge is -2.09. The highest BCUT2D eigenvalue weighted by Gasteiger charge is 2.25. The minimum atomic E-state index is 0.0426. The fourth-order valence-electron chi connectivity index (χ4n) is 3.06. The minimum absolute atomic E-state index is 0.0426. The van der Waals surface area contributed by atoms with Crippen LogP contribution in [-0.2, 0) is 20.1 Å². The summed E-state index contributed by atoms with van der Waals surface area (Å²) >= 11 is 0. The molecule has 0 saturated heterocycles. The Kier molecular flexibility index (Phi) is 3.73. The van der Waals surface area contributed by atoms with Gasteiger partial charge in [-0.05, 0) is 36.0 Å². The third-order valence-corrected chi connectivity index (χ3v) is 4.74. The molecule has 0 radical (unpaired) electrons. The highest BCUT2D eigenvalue weighted by atomic mass is 16.5. The summed E-state index contributed by atoms with van der Waals surface area (Å²) in [5, 5.41) is 9.21. The van der Waals surface area contributed by atoms with Crippen molar-refractivity contribution in [2.75, 3.05) is 7.11 Å². The van der Waals surface area contributed by atoms with E-state index >= 15 is 0 Å². The molecule has 0 spiro atoms. The van der Waals surface area contributed by atoms with Gasteiger partial charge in [-0.1, -0.05) is 24.3 Å². The number of benzene rings is 1. The van der Waals surface area contributed by atoms with Crippen molar-refractivity contribution in [2.45, 2.75) is 25.9 Å². The number of hydrogen-bond donors (Lipinski definition) is 1. The van der Waals surface area contributed by atoms with Gasteiger partial charge in [0.1, 0.15) is 5.82 Å². The maximum atomic E-state index is 9.21. The number of fused-ring (bicyclic) bond motifs is 1. The van der Waals surface area contributed by atoms with E-state index in [1.807, 2.05) is 24.3 Å². The number of methoxy groups -OCH3 is 1. The lowest BCUT2D eigenvalue weighted by atomic mass is 10.0. The second-order valence-electron chi connectivity index (χ2n) is 6.48. The molecule has 1 saturated carbocycles. The summed E-state index contributed by atoms with van der Waals surface area (Å²) in [6, 6.07) is 9.90. The summed E-state index contributed by atoms with van der Waals surface area (Å²) in [5.41, 5.74) is 4.60. The molecule has 3 aromatic rings. The van der Waals surface area contributed by atoms with Crippen LogP contribution >= 0.6 is 0 Å². The van der Waals surface area contributed by atoms with Gasteiger partial charge in [0.25, 0.3) is 0 Å². The van der Waals surface area contributed by atoms with Crippen molar-refractivity contribution >= 4 is 11.2 Å². The molecule has 0 amide bonds. The second kappa shape index (κ2) is 5.91. The Balaban J connectivity index is 1.82. The van der Waals surface area contributed by atoms with Crippen molar-refractivity contribution in [1.29, 1.82) is 0 Å². The number of aryl methyl sites for hydroxylation is 1. The number of imidazole rings is 1. The molecular formula is C19H21N3O2. The van der Waals surface area contributed by atoms with Gasteiger partial charge in [0.05, 0.1) is 19.2 Å². The lowest BCUT2D eigenvalue weighted by molar-refractivity contribution is 0.282. The van der Waals surface area contributed by atoms with E-state index in [1.54, 1.807) is 7.11 Å².